The van der Waals surface area contributed by atoms with E-state index in [1.165, 1.54) is 23.8 Å². The minimum atomic E-state index is -8.69. The number of aryl methyl sites for hydroxylation is 1. The van der Waals surface area contributed by atoms with E-state index in [1.54, 1.807) is 0 Å². The molecule has 0 aliphatic rings. The molecule has 0 atom stereocenters. The van der Waals surface area contributed by atoms with Gasteiger partial charge in [-0.25, -0.2) is 13.1 Å². The monoisotopic (exact) mass is 631 g/mol. The van der Waals surface area contributed by atoms with Crippen LogP contribution in [-0.2, 0) is 10.0 Å². The summed E-state index contributed by atoms with van der Waals surface area (Å²) in [5.41, 5.74) is 0.541. The van der Waals surface area contributed by atoms with Crippen molar-refractivity contribution in [1.82, 2.24) is 4.72 Å². The molecule has 0 aliphatic heterocycles. The molecular formula is C18H14F17NO2S. The van der Waals surface area contributed by atoms with Crippen LogP contribution in [0.25, 0.3) is 0 Å². The first-order valence-electron chi connectivity index (χ1n) is 9.73. The maximum absolute atomic E-state index is 13.8. The molecule has 228 valence electrons. The van der Waals surface area contributed by atoms with Crippen LogP contribution in [0.5, 0.6) is 0 Å². The molecule has 0 spiro atoms. The number of halogens is 17. The second kappa shape index (κ2) is 10.1. The summed E-state index contributed by atoms with van der Waals surface area (Å²) < 4.78 is 250. The fourth-order valence-corrected chi connectivity index (χ4v) is 3.75. The van der Waals surface area contributed by atoms with Gasteiger partial charge >= 0.3 is 47.6 Å². The van der Waals surface area contributed by atoms with Gasteiger partial charge < -0.3 is 0 Å². The van der Waals surface area contributed by atoms with Crippen molar-refractivity contribution in [2.75, 3.05) is 6.54 Å². The van der Waals surface area contributed by atoms with E-state index in [0.29, 0.717) is 5.56 Å². The van der Waals surface area contributed by atoms with Gasteiger partial charge in [0.2, 0.25) is 10.0 Å². The quantitative estimate of drug-likeness (QED) is 0.198. The molecule has 0 radical (unpaired) electrons. The Hall–Kier alpha value is -2.06. The zero-order valence-electron chi connectivity index (χ0n) is 18.6. The Labute approximate surface area is 207 Å². The van der Waals surface area contributed by atoms with E-state index in [9.17, 15) is 83.1 Å². The van der Waals surface area contributed by atoms with E-state index in [-0.39, 0.29) is 0 Å². The number of nitrogens with one attached hydrogen (secondary N) is 1. The van der Waals surface area contributed by atoms with E-state index in [2.05, 4.69) is 0 Å². The zero-order valence-corrected chi connectivity index (χ0v) is 19.4. The van der Waals surface area contributed by atoms with Crippen molar-refractivity contribution in [2.24, 2.45) is 0 Å². The van der Waals surface area contributed by atoms with Gasteiger partial charge in [0.25, 0.3) is 0 Å². The summed E-state index contributed by atoms with van der Waals surface area (Å²) in [5, 5.41) is 0. The molecule has 21 heteroatoms. The van der Waals surface area contributed by atoms with Gasteiger partial charge in [0, 0.05) is 13.0 Å². The third-order valence-electron chi connectivity index (χ3n) is 5.08. The summed E-state index contributed by atoms with van der Waals surface area (Å²) in [4.78, 5) is -0.518. The molecule has 1 rings (SSSR count). The molecule has 39 heavy (non-hydrogen) atoms. The van der Waals surface area contributed by atoms with Crippen molar-refractivity contribution in [3.05, 3.63) is 29.8 Å². The van der Waals surface area contributed by atoms with Crippen LogP contribution in [0.3, 0.4) is 0 Å². The summed E-state index contributed by atoms with van der Waals surface area (Å²) in [5.74, 6) is -56.8. The average molecular weight is 631 g/mol. The second-order valence-corrected chi connectivity index (χ2v) is 9.73. The summed E-state index contributed by atoms with van der Waals surface area (Å²) in [6.07, 6.45) is -12.2. The molecule has 0 aromatic heterocycles. The first kappa shape index (κ1) is 35.0. The van der Waals surface area contributed by atoms with Crippen molar-refractivity contribution in [2.45, 2.75) is 72.3 Å². The van der Waals surface area contributed by atoms with Gasteiger partial charge in [-0.2, -0.15) is 74.6 Å². The third-order valence-corrected chi connectivity index (χ3v) is 6.55. The van der Waals surface area contributed by atoms with E-state index >= 15 is 0 Å². The second-order valence-electron chi connectivity index (χ2n) is 7.96. The van der Waals surface area contributed by atoms with Gasteiger partial charge in [-0.05, 0) is 25.5 Å². The topological polar surface area (TPSA) is 46.2 Å². The highest BCUT2D eigenvalue weighted by atomic mass is 32.2. The lowest BCUT2D eigenvalue weighted by atomic mass is 9.88. The van der Waals surface area contributed by atoms with Gasteiger partial charge in [0.05, 0.1) is 4.90 Å². The van der Waals surface area contributed by atoms with Crippen LogP contribution in [-0.4, -0.2) is 62.6 Å². The maximum Gasteiger partial charge on any atom is 0.460 e. The van der Waals surface area contributed by atoms with Gasteiger partial charge in [0.15, 0.2) is 0 Å². The SMILES string of the molecule is Cc1ccc(S(=O)(=O)NCCCC(F)(F)C(F)(F)C(F)(F)C(F)(F)C(F)(F)C(F)(F)C(F)(F)C(F)(F)F)cc1. The molecule has 0 fully saturated rings. The molecule has 0 heterocycles. The van der Waals surface area contributed by atoms with Crippen LogP contribution < -0.4 is 4.72 Å². The molecule has 0 aliphatic carbocycles. The van der Waals surface area contributed by atoms with Gasteiger partial charge in [0.1, 0.15) is 0 Å². The van der Waals surface area contributed by atoms with Gasteiger partial charge in [-0.15, -0.1) is 0 Å². The minimum absolute atomic E-state index is 0.518. The third kappa shape index (κ3) is 5.61. The van der Waals surface area contributed by atoms with E-state index in [4.69, 9.17) is 0 Å². The highest BCUT2D eigenvalue weighted by Crippen LogP contribution is 2.64. The fraction of sp³-hybridized carbons (Fsp3) is 0.667. The summed E-state index contributed by atoms with van der Waals surface area (Å²) in [7, 11) is -4.54. The summed E-state index contributed by atoms with van der Waals surface area (Å²) in [6.45, 7) is 0.222. The Kier molecular flexibility index (Phi) is 9.05. The van der Waals surface area contributed by atoms with Crippen LogP contribution in [0.4, 0.5) is 74.6 Å². The molecule has 1 aromatic rings. The number of hydrogen-bond donors (Lipinski definition) is 1. The lowest BCUT2D eigenvalue weighted by molar-refractivity contribution is -0.461. The van der Waals surface area contributed by atoms with Gasteiger partial charge in [-0.3, -0.25) is 0 Å². The largest absolute Gasteiger partial charge is 0.460 e. The molecule has 0 unspecified atom stereocenters. The number of alkyl halides is 17. The van der Waals surface area contributed by atoms with Gasteiger partial charge in [-0.1, -0.05) is 17.7 Å². The highest BCUT2D eigenvalue weighted by Gasteiger charge is 2.95. The number of sulfonamides is 1. The molecule has 0 saturated heterocycles. The van der Waals surface area contributed by atoms with Crippen molar-refractivity contribution < 1.29 is 83.1 Å². The molecular weight excluding hydrogens is 617 g/mol. The Balaban J connectivity index is 3.23. The average Bonchev–Trinajstić information content (AvgIpc) is 2.75. The summed E-state index contributed by atoms with van der Waals surface area (Å²) >= 11 is 0. The van der Waals surface area contributed by atoms with E-state index < -0.39 is 81.9 Å². The molecule has 3 nitrogen and oxygen atoms in total. The Morgan fingerprint density at radius 2 is 0.949 bits per heavy atom. The van der Waals surface area contributed by atoms with Crippen LogP contribution in [0, 0.1) is 6.92 Å². The van der Waals surface area contributed by atoms with Crippen LogP contribution in [0.1, 0.15) is 18.4 Å². The van der Waals surface area contributed by atoms with Crippen LogP contribution in [0.2, 0.25) is 0 Å². The number of benzene rings is 1. The fourth-order valence-electron chi connectivity index (χ4n) is 2.67. The maximum atomic E-state index is 13.8. The van der Waals surface area contributed by atoms with E-state index in [0.717, 1.165) is 12.1 Å². The van der Waals surface area contributed by atoms with Crippen LogP contribution in [0.15, 0.2) is 29.2 Å². The standard InChI is InChI=1S/C18H14F17NO2S/c1-9-3-5-10(6-4-9)39(37,38)36-8-2-7-11(19,20)12(21,22)13(23,24)14(25,26)15(27,28)16(29,30)17(31,32)18(33,34)35/h3-6,36H,2,7-8H2,1H3. The van der Waals surface area contributed by atoms with Crippen molar-refractivity contribution in [3.63, 3.8) is 0 Å². The normalized spacial score (nSPS) is 15.5. The molecule has 0 saturated carbocycles. The number of rotatable bonds is 12. The predicted molar refractivity (Wildman–Crippen MR) is 96.3 cm³/mol. The Morgan fingerprint density at radius 3 is 1.33 bits per heavy atom. The zero-order chi connectivity index (χ0) is 31.3. The predicted octanol–water partition coefficient (Wildman–Crippen LogP) is 7.06. The van der Waals surface area contributed by atoms with Crippen molar-refractivity contribution in [3.8, 4) is 0 Å². The Morgan fingerprint density at radius 1 is 0.590 bits per heavy atom. The minimum Gasteiger partial charge on any atom is -0.211 e. The first-order chi connectivity index (χ1) is 17.0. The smallest absolute Gasteiger partial charge is 0.211 e. The van der Waals surface area contributed by atoms with Crippen LogP contribution >= 0.6 is 0 Å². The van der Waals surface area contributed by atoms with Crippen molar-refractivity contribution in [1.29, 1.82) is 0 Å². The molecule has 0 amide bonds. The van der Waals surface area contributed by atoms with E-state index in [1.807, 2.05) is 0 Å². The number of hydrogen-bond acceptors (Lipinski definition) is 2. The first-order valence-corrected chi connectivity index (χ1v) is 11.2. The highest BCUT2D eigenvalue weighted by molar-refractivity contribution is 7.89. The lowest BCUT2D eigenvalue weighted by Gasteiger charge is -2.42. The molecule has 1 N–H and O–H groups in total. The lowest BCUT2D eigenvalue weighted by Crippen LogP contribution is -2.74. The Bertz CT molecular complexity index is 1110. The van der Waals surface area contributed by atoms with Crippen molar-refractivity contribution >= 4 is 10.0 Å². The molecule has 0 bridgehead atoms. The summed E-state index contributed by atoms with van der Waals surface area (Å²) in [6, 6.07) is 4.44. The molecule has 1 aromatic carbocycles.